The van der Waals surface area contributed by atoms with Crippen molar-refractivity contribution in [2.24, 2.45) is 0 Å². The van der Waals surface area contributed by atoms with Crippen molar-refractivity contribution in [1.82, 2.24) is 0 Å². The van der Waals surface area contributed by atoms with Crippen LogP contribution in [0.25, 0.3) is 0 Å². The molecule has 1 aromatic carbocycles. The highest BCUT2D eigenvalue weighted by Crippen LogP contribution is 2.26. The van der Waals surface area contributed by atoms with Gasteiger partial charge in [-0.25, -0.2) is 0 Å². The molecular weight excluding hydrogens is 276 g/mol. The molecule has 1 rings (SSSR count). The molecule has 0 fully saturated rings. The second kappa shape index (κ2) is 7.62. The van der Waals surface area contributed by atoms with Gasteiger partial charge in [0.2, 0.25) is 0 Å². The lowest BCUT2D eigenvalue weighted by Crippen LogP contribution is -2.00. The Morgan fingerprint density at radius 3 is 2.50 bits per heavy atom. The summed E-state index contributed by atoms with van der Waals surface area (Å²) in [6.45, 7) is 1.04. The van der Waals surface area contributed by atoms with E-state index in [0.29, 0.717) is 13.4 Å². The Hall–Kier alpha value is -0.620. The first kappa shape index (κ1) is 13.4. The third kappa shape index (κ3) is 4.49. The fourth-order valence-electron chi connectivity index (χ4n) is 1.12. The molecule has 0 aromatic heterocycles. The van der Waals surface area contributed by atoms with Gasteiger partial charge >= 0.3 is 0 Å². The van der Waals surface area contributed by atoms with E-state index in [0.717, 1.165) is 15.8 Å². The van der Waals surface area contributed by atoms with Gasteiger partial charge in [-0.3, -0.25) is 0 Å². The predicted molar refractivity (Wildman–Crippen MR) is 63.3 cm³/mol. The van der Waals surface area contributed by atoms with Gasteiger partial charge in [0.05, 0.1) is 11.1 Å². The highest BCUT2D eigenvalue weighted by Gasteiger charge is 2.02. The molecule has 1 aromatic rings. The van der Waals surface area contributed by atoms with Crippen LogP contribution in [0.2, 0.25) is 0 Å². The van der Waals surface area contributed by atoms with Crippen molar-refractivity contribution in [3.8, 4) is 5.75 Å². The van der Waals surface area contributed by atoms with Crippen LogP contribution in [-0.2, 0) is 20.8 Å². The third-order valence-corrected chi connectivity index (χ3v) is 2.42. The van der Waals surface area contributed by atoms with Crippen molar-refractivity contribution in [3.05, 3.63) is 28.2 Å². The van der Waals surface area contributed by atoms with Gasteiger partial charge in [0.25, 0.3) is 0 Å². The normalized spacial score (nSPS) is 10.4. The van der Waals surface area contributed by atoms with E-state index in [1.54, 1.807) is 14.2 Å². The summed E-state index contributed by atoms with van der Waals surface area (Å²) in [5.41, 5.74) is 1.05. The fraction of sp³-hybridized carbons (Fsp3) is 0.455. The SMILES string of the molecule is COCOCc1ccc(OCOC)c(Br)c1. The average molecular weight is 291 g/mol. The number of rotatable bonds is 7. The van der Waals surface area contributed by atoms with Gasteiger partial charge in [0.1, 0.15) is 12.5 Å². The van der Waals surface area contributed by atoms with Crippen LogP contribution in [0.4, 0.5) is 0 Å². The molecule has 0 heterocycles. The van der Waals surface area contributed by atoms with Crippen molar-refractivity contribution >= 4 is 15.9 Å². The van der Waals surface area contributed by atoms with Crippen molar-refractivity contribution < 1.29 is 18.9 Å². The highest BCUT2D eigenvalue weighted by atomic mass is 79.9. The number of hydrogen-bond donors (Lipinski definition) is 0. The monoisotopic (exact) mass is 290 g/mol. The first-order valence-corrected chi connectivity index (χ1v) is 5.54. The Kier molecular flexibility index (Phi) is 6.40. The molecule has 0 amide bonds. The zero-order valence-corrected chi connectivity index (χ0v) is 11.0. The van der Waals surface area contributed by atoms with Gasteiger partial charge in [0, 0.05) is 14.2 Å². The summed E-state index contributed by atoms with van der Waals surface area (Å²) in [4.78, 5) is 0. The molecule has 0 saturated carbocycles. The summed E-state index contributed by atoms with van der Waals surface area (Å²) in [5, 5.41) is 0. The van der Waals surface area contributed by atoms with E-state index < -0.39 is 0 Å². The molecule has 0 saturated heterocycles. The van der Waals surface area contributed by atoms with Crippen LogP contribution in [0.3, 0.4) is 0 Å². The maximum absolute atomic E-state index is 5.33. The lowest BCUT2D eigenvalue weighted by atomic mass is 10.2. The van der Waals surface area contributed by atoms with E-state index in [1.807, 2.05) is 18.2 Å². The minimum absolute atomic E-state index is 0.234. The van der Waals surface area contributed by atoms with E-state index in [1.165, 1.54) is 0 Å². The topological polar surface area (TPSA) is 36.9 Å². The maximum atomic E-state index is 5.33. The smallest absolute Gasteiger partial charge is 0.188 e. The van der Waals surface area contributed by atoms with E-state index in [9.17, 15) is 0 Å². The highest BCUT2D eigenvalue weighted by molar-refractivity contribution is 9.10. The summed E-state index contributed by atoms with van der Waals surface area (Å²) in [6.07, 6.45) is 0. The van der Waals surface area contributed by atoms with Crippen LogP contribution in [-0.4, -0.2) is 27.8 Å². The Morgan fingerprint density at radius 2 is 1.88 bits per heavy atom. The third-order valence-electron chi connectivity index (χ3n) is 1.80. The second-order valence-electron chi connectivity index (χ2n) is 3.07. The second-order valence-corrected chi connectivity index (χ2v) is 3.92. The van der Waals surface area contributed by atoms with Crippen molar-refractivity contribution in [2.45, 2.75) is 6.61 Å². The lowest BCUT2D eigenvalue weighted by molar-refractivity contribution is -0.0391. The number of hydrogen-bond acceptors (Lipinski definition) is 4. The van der Waals surface area contributed by atoms with E-state index in [2.05, 4.69) is 15.9 Å². The molecular formula is C11H15BrO4. The van der Waals surface area contributed by atoms with Crippen molar-refractivity contribution in [3.63, 3.8) is 0 Å². The molecule has 0 unspecified atom stereocenters. The van der Waals surface area contributed by atoms with Gasteiger partial charge in [0.15, 0.2) is 6.79 Å². The van der Waals surface area contributed by atoms with E-state index in [4.69, 9.17) is 18.9 Å². The zero-order chi connectivity index (χ0) is 11.8. The van der Waals surface area contributed by atoms with E-state index >= 15 is 0 Å². The molecule has 0 aliphatic rings. The van der Waals surface area contributed by atoms with Gasteiger partial charge in [-0.1, -0.05) is 6.07 Å². The number of benzene rings is 1. The van der Waals surface area contributed by atoms with Crippen LogP contribution in [0.1, 0.15) is 5.56 Å². The van der Waals surface area contributed by atoms with Gasteiger partial charge < -0.3 is 18.9 Å². The standard InChI is InChI=1S/C11H15BrO4/c1-13-7-15-6-9-3-4-11(10(12)5-9)16-8-14-2/h3-5H,6-8H2,1-2H3. The maximum Gasteiger partial charge on any atom is 0.188 e. The molecule has 0 bridgehead atoms. The van der Waals surface area contributed by atoms with Gasteiger partial charge in [-0.05, 0) is 33.6 Å². The van der Waals surface area contributed by atoms with Crippen LogP contribution < -0.4 is 4.74 Å². The van der Waals surface area contributed by atoms with Crippen molar-refractivity contribution in [2.75, 3.05) is 27.8 Å². The Labute approximate surface area is 104 Å². The number of halogens is 1. The molecule has 16 heavy (non-hydrogen) atoms. The Balaban J connectivity index is 2.53. The molecule has 0 radical (unpaired) electrons. The van der Waals surface area contributed by atoms with Crippen LogP contribution in [0.5, 0.6) is 5.75 Å². The van der Waals surface area contributed by atoms with Crippen LogP contribution in [0.15, 0.2) is 22.7 Å². The van der Waals surface area contributed by atoms with Gasteiger partial charge in [-0.15, -0.1) is 0 Å². The predicted octanol–water partition coefficient (Wildman–Crippen LogP) is 2.55. The molecule has 0 aliphatic heterocycles. The first-order valence-electron chi connectivity index (χ1n) is 4.74. The molecule has 5 heteroatoms. The minimum Gasteiger partial charge on any atom is -0.466 e. The first-order chi connectivity index (χ1) is 7.77. The zero-order valence-electron chi connectivity index (χ0n) is 9.36. The van der Waals surface area contributed by atoms with Crippen molar-refractivity contribution in [1.29, 1.82) is 0 Å². The summed E-state index contributed by atoms with van der Waals surface area (Å²) >= 11 is 3.42. The Morgan fingerprint density at radius 1 is 1.12 bits per heavy atom. The number of methoxy groups -OCH3 is 2. The molecule has 0 spiro atoms. The summed E-state index contributed by atoms with van der Waals surface area (Å²) in [7, 11) is 3.18. The fourth-order valence-corrected chi connectivity index (χ4v) is 1.66. The minimum atomic E-state index is 0.234. The Bertz CT molecular complexity index is 317. The molecule has 0 N–H and O–H groups in total. The molecule has 90 valence electrons. The largest absolute Gasteiger partial charge is 0.466 e. The summed E-state index contributed by atoms with van der Waals surface area (Å²) in [6, 6.07) is 5.75. The number of ether oxygens (including phenoxy) is 4. The van der Waals surface area contributed by atoms with Gasteiger partial charge in [-0.2, -0.15) is 0 Å². The van der Waals surface area contributed by atoms with Crippen LogP contribution >= 0.6 is 15.9 Å². The average Bonchev–Trinajstić information content (AvgIpc) is 2.28. The summed E-state index contributed by atoms with van der Waals surface area (Å²) < 4.78 is 21.1. The van der Waals surface area contributed by atoms with Crippen LogP contribution in [0, 0.1) is 0 Å². The summed E-state index contributed by atoms with van der Waals surface area (Å²) in [5.74, 6) is 0.748. The molecule has 0 atom stereocenters. The quantitative estimate of drug-likeness (QED) is 0.571. The molecule has 4 nitrogen and oxygen atoms in total. The molecule has 0 aliphatic carbocycles. The lowest BCUT2D eigenvalue weighted by Gasteiger charge is -2.09. The van der Waals surface area contributed by atoms with E-state index in [-0.39, 0.29) is 6.79 Å².